The number of hydrogen-bond acceptors (Lipinski definition) is 8. The second-order valence-corrected chi connectivity index (χ2v) is 16.3. The van der Waals surface area contributed by atoms with Gasteiger partial charge in [-0.25, -0.2) is 9.18 Å². The molecule has 9 nitrogen and oxygen atoms in total. The minimum atomic E-state index is -0.872. The number of nitriles is 1. The van der Waals surface area contributed by atoms with Crippen molar-refractivity contribution in [2.75, 3.05) is 49.1 Å². The lowest BCUT2D eigenvalue weighted by Gasteiger charge is -2.50. The molecule has 2 aromatic carbocycles. The van der Waals surface area contributed by atoms with Crippen LogP contribution in [0.3, 0.4) is 0 Å². The Morgan fingerprint density at radius 3 is 2.56 bits per heavy atom. The number of anilines is 2. The van der Waals surface area contributed by atoms with Crippen molar-refractivity contribution in [1.82, 2.24) is 14.8 Å². The highest BCUT2D eigenvalue weighted by molar-refractivity contribution is 6.36. The SMILES string of the molecule is CC(C)(C)OC(=O)N1[C@@H]2CCC[C@H]1CN(c1nc(OC[C@@]34CCCN3C[C@H](F)C4)c(C#N)c3c1CCN(c1cccc4cccc(Cl)c14)C3)C2. The Labute approximate surface area is 298 Å². The first-order chi connectivity index (χ1) is 24.0. The molecule has 50 heavy (non-hydrogen) atoms. The molecule has 3 aromatic rings. The minimum Gasteiger partial charge on any atom is -0.475 e. The van der Waals surface area contributed by atoms with Crippen LogP contribution in [0.1, 0.15) is 76.0 Å². The van der Waals surface area contributed by atoms with E-state index < -0.39 is 11.8 Å². The van der Waals surface area contributed by atoms with Crippen LogP contribution in [0.5, 0.6) is 5.88 Å². The van der Waals surface area contributed by atoms with Crippen LogP contribution >= 0.6 is 11.6 Å². The molecule has 1 aromatic heterocycles. The van der Waals surface area contributed by atoms with Gasteiger partial charge in [-0.1, -0.05) is 35.9 Å². The van der Waals surface area contributed by atoms with Crippen LogP contribution in [0.2, 0.25) is 5.02 Å². The van der Waals surface area contributed by atoms with E-state index in [1.807, 2.05) is 37.8 Å². The normalized spacial score (nSPS) is 26.5. The Hall–Kier alpha value is -3.81. The van der Waals surface area contributed by atoms with E-state index in [9.17, 15) is 14.4 Å². The summed E-state index contributed by atoms with van der Waals surface area (Å²) in [6.07, 6.45) is 4.75. The molecular weight excluding hydrogens is 655 g/mol. The molecule has 0 aliphatic carbocycles. The van der Waals surface area contributed by atoms with Crippen LogP contribution in [-0.2, 0) is 17.7 Å². The zero-order valence-electron chi connectivity index (χ0n) is 29.3. The van der Waals surface area contributed by atoms with Gasteiger partial charge in [0.1, 0.15) is 35.8 Å². The first-order valence-electron chi connectivity index (χ1n) is 18.2. The molecule has 1 amide bonds. The number of carbonyl (C=O) groups is 1. The molecule has 0 unspecified atom stereocenters. The maximum atomic E-state index is 14.7. The van der Waals surface area contributed by atoms with Gasteiger partial charge in [0.05, 0.1) is 22.6 Å². The van der Waals surface area contributed by atoms with Crippen molar-refractivity contribution < 1.29 is 18.7 Å². The minimum absolute atomic E-state index is 0.00126. The third kappa shape index (κ3) is 5.90. The summed E-state index contributed by atoms with van der Waals surface area (Å²) < 4.78 is 27.2. The van der Waals surface area contributed by atoms with Crippen molar-refractivity contribution >= 4 is 40.0 Å². The number of nitrogens with zero attached hydrogens (tertiary/aromatic N) is 6. The van der Waals surface area contributed by atoms with Crippen molar-refractivity contribution in [3.05, 3.63) is 58.1 Å². The lowest BCUT2D eigenvalue weighted by atomic mass is 9.90. The van der Waals surface area contributed by atoms with Crippen molar-refractivity contribution in [2.45, 2.75) is 102 Å². The summed E-state index contributed by atoms with van der Waals surface area (Å²) in [7, 11) is 0. The highest BCUT2D eigenvalue weighted by Gasteiger charge is 2.50. The van der Waals surface area contributed by atoms with Crippen LogP contribution in [0, 0.1) is 11.3 Å². The maximum absolute atomic E-state index is 14.7. The van der Waals surface area contributed by atoms with Gasteiger partial charge < -0.3 is 19.3 Å². The number of hydrogen-bond donors (Lipinski definition) is 0. The summed E-state index contributed by atoms with van der Waals surface area (Å²) >= 11 is 6.78. The van der Waals surface area contributed by atoms with Gasteiger partial charge in [0.25, 0.3) is 0 Å². The molecule has 0 saturated carbocycles. The number of rotatable bonds is 5. The first kappa shape index (κ1) is 33.3. The fourth-order valence-electron chi connectivity index (χ4n) is 9.36. The highest BCUT2D eigenvalue weighted by atomic mass is 35.5. The van der Waals surface area contributed by atoms with E-state index in [1.54, 1.807) is 0 Å². The molecule has 0 N–H and O–H groups in total. The molecule has 2 bridgehead atoms. The average Bonchev–Trinajstić information content (AvgIpc) is 3.60. The number of piperazine rings is 1. The molecule has 5 aliphatic heterocycles. The number of fused-ring (bicyclic) bond motifs is 5. The largest absolute Gasteiger partial charge is 0.475 e. The summed E-state index contributed by atoms with van der Waals surface area (Å²) in [5, 5.41) is 13.5. The average molecular weight is 701 g/mol. The van der Waals surface area contributed by atoms with E-state index in [1.165, 1.54) is 0 Å². The standard InChI is InChI=1S/C39H46ClFN6O3/c1-38(2,3)50-37(48)47-27-10-6-11-28(47)22-45(21-27)35-29-14-17-44(33-13-5-9-25-8-4-12-32(40)34(25)33)23-31(29)30(19-42)36(43-35)49-24-39-15-7-16-46(39)20-26(41)18-39/h4-5,8-9,12-13,26-28H,6-7,10-11,14-18,20-24H2,1-3H3/t26-,27-,28+,39+/m1/s1. The van der Waals surface area contributed by atoms with Crippen molar-refractivity contribution in [1.29, 1.82) is 5.26 Å². The number of amides is 1. The molecule has 8 rings (SSSR count). The third-order valence-electron chi connectivity index (χ3n) is 11.5. The molecule has 4 saturated heterocycles. The summed E-state index contributed by atoms with van der Waals surface area (Å²) in [4.78, 5) is 27.4. The van der Waals surface area contributed by atoms with Gasteiger partial charge in [-0.05, 0) is 83.4 Å². The number of halogens is 2. The quantitative estimate of drug-likeness (QED) is 0.275. The predicted octanol–water partition coefficient (Wildman–Crippen LogP) is 7.26. The number of carbonyl (C=O) groups excluding carboxylic acids is 1. The molecule has 0 radical (unpaired) electrons. The Bertz CT molecular complexity index is 1840. The van der Waals surface area contributed by atoms with Crippen molar-refractivity contribution in [3.63, 3.8) is 0 Å². The van der Waals surface area contributed by atoms with Crippen LogP contribution in [0.15, 0.2) is 36.4 Å². The summed E-state index contributed by atoms with van der Waals surface area (Å²) in [5.41, 5.74) is 2.51. The Morgan fingerprint density at radius 2 is 1.82 bits per heavy atom. The monoisotopic (exact) mass is 700 g/mol. The zero-order chi connectivity index (χ0) is 34.8. The van der Waals surface area contributed by atoms with Gasteiger partial charge in [0.2, 0.25) is 5.88 Å². The Kier molecular flexibility index (Phi) is 8.50. The predicted molar refractivity (Wildman–Crippen MR) is 193 cm³/mol. The van der Waals surface area contributed by atoms with Crippen molar-refractivity contribution in [3.8, 4) is 11.9 Å². The lowest BCUT2D eigenvalue weighted by Crippen LogP contribution is -2.63. The van der Waals surface area contributed by atoms with Gasteiger partial charge in [-0.15, -0.1) is 0 Å². The van der Waals surface area contributed by atoms with E-state index in [-0.39, 0.29) is 23.7 Å². The smallest absolute Gasteiger partial charge is 0.410 e. The molecule has 11 heteroatoms. The molecule has 5 aliphatic rings. The van der Waals surface area contributed by atoms with Crippen LogP contribution in [0.4, 0.5) is 20.7 Å². The highest BCUT2D eigenvalue weighted by Crippen LogP contribution is 2.44. The lowest BCUT2D eigenvalue weighted by molar-refractivity contribution is -0.00981. The van der Waals surface area contributed by atoms with E-state index >= 15 is 0 Å². The second-order valence-electron chi connectivity index (χ2n) is 15.9. The topological polar surface area (TPSA) is 85.2 Å². The molecular formula is C39H46ClFN6O3. The maximum Gasteiger partial charge on any atom is 0.410 e. The number of piperidine rings is 1. The van der Waals surface area contributed by atoms with Crippen LogP contribution in [0.25, 0.3) is 10.8 Å². The molecule has 4 fully saturated rings. The van der Waals surface area contributed by atoms with E-state index in [0.717, 1.165) is 78.6 Å². The fourth-order valence-corrected chi connectivity index (χ4v) is 9.64. The molecule has 4 atom stereocenters. The summed E-state index contributed by atoms with van der Waals surface area (Å²) in [6.45, 7) is 9.82. The third-order valence-corrected chi connectivity index (χ3v) is 11.8. The van der Waals surface area contributed by atoms with Crippen molar-refractivity contribution in [2.24, 2.45) is 0 Å². The Morgan fingerprint density at radius 1 is 1.06 bits per heavy atom. The van der Waals surface area contributed by atoms with Crippen LogP contribution < -0.4 is 14.5 Å². The first-order valence-corrected chi connectivity index (χ1v) is 18.6. The molecule has 0 spiro atoms. The molecule has 6 heterocycles. The van der Waals surface area contributed by atoms with Gasteiger partial charge in [0.15, 0.2) is 0 Å². The van der Waals surface area contributed by atoms with Gasteiger partial charge >= 0.3 is 6.09 Å². The van der Waals surface area contributed by atoms with E-state index in [4.69, 9.17) is 26.1 Å². The van der Waals surface area contributed by atoms with Crippen LogP contribution in [-0.4, -0.2) is 89.6 Å². The number of pyridine rings is 1. The summed E-state index contributed by atoms with van der Waals surface area (Å²) in [6, 6.07) is 14.7. The number of benzene rings is 2. The summed E-state index contributed by atoms with van der Waals surface area (Å²) in [5.74, 6) is 1.16. The van der Waals surface area contributed by atoms with Gasteiger partial charge in [-0.3, -0.25) is 9.80 Å². The number of alkyl halides is 1. The zero-order valence-corrected chi connectivity index (χ0v) is 30.0. The number of aromatic nitrogens is 1. The number of ether oxygens (including phenoxy) is 2. The van der Waals surface area contributed by atoms with Gasteiger partial charge in [0, 0.05) is 61.3 Å². The van der Waals surface area contributed by atoms with E-state index in [2.05, 4.69) is 45.0 Å². The molecule has 264 valence electrons. The fraction of sp³-hybridized carbons (Fsp3) is 0.564. The second kappa shape index (κ2) is 12.8. The van der Waals surface area contributed by atoms with E-state index in [0.29, 0.717) is 62.1 Å². The van der Waals surface area contributed by atoms with Gasteiger partial charge in [-0.2, -0.15) is 10.2 Å². The Balaban J connectivity index is 1.17.